The fourth-order valence-electron chi connectivity index (χ4n) is 1.28. The van der Waals surface area contributed by atoms with Crippen molar-refractivity contribution in [3.63, 3.8) is 0 Å². The number of aromatic amines is 2. The molecule has 68 valence electrons. The van der Waals surface area contributed by atoms with E-state index in [9.17, 15) is 0 Å². The highest BCUT2D eigenvalue weighted by atomic mass is 15.1. The van der Waals surface area contributed by atoms with Crippen LogP contribution in [0.4, 0.5) is 0 Å². The van der Waals surface area contributed by atoms with Crippen molar-refractivity contribution < 1.29 is 0 Å². The number of H-pyrrole nitrogens is 2. The van der Waals surface area contributed by atoms with E-state index in [1.165, 1.54) is 6.33 Å². The first-order valence-corrected chi connectivity index (χ1v) is 4.09. The molecular weight excluding hydrogens is 180 g/mol. The molecule has 0 radical (unpaired) electrons. The van der Waals surface area contributed by atoms with Gasteiger partial charge in [-0.1, -0.05) is 0 Å². The summed E-state index contributed by atoms with van der Waals surface area (Å²) in [6, 6.07) is 1.84. The Morgan fingerprint density at radius 2 is 2.29 bits per heavy atom. The third kappa shape index (κ3) is 0.972. The fourth-order valence-corrected chi connectivity index (χ4v) is 1.28. The average Bonchev–Trinajstić information content (AvgIpc) is 2.86. The molecule has 0 aliphatic carbocycles. The van der Waals surface area contributed by atoms with E-state index in [0.717, 1.165) is 11.2 Å². The fraction of sp³-hybridized carbons (Fsp3) is 0. The van der Waals surface area contributed by atoms with Crippen LogP contribution in [0.2, 0.25) is 0 Å². The minimum Gasteiger partial charge on any atom is -0.334 e. The van der Waals surface area contributed by atoms with Crippen molar-refractivity contribution in [1.82, 2.24) is 30.1 Å². The molecule has 0 aliphatic heterocycles. The van der Waals surface area contributed by atoms with Gasteiger partial charge in [-0.25, -0.2) is 15.0 Å². The van der Waals surface area contributed by atoms with Crippen LogP contribution in [0.25, 0.3) is 22.7 Å². The lowest BCUT2D eigenvalue weighted by molar-refractivity contribution is 1.08. The Balaban J connectivity index is 2.24. The third-order valence-electron chi connectivity index (χ3n) is 1.91. The van der Waals surface area contributed by atoms with Gasteiger partial charge in [0.15, 0.2) is 11.5 Å². The standard InChI is InChI=1S/C8H6N6/c1-2-11-14-5(1)8-12-6-3-9-4-10-7(6)13-8/h1-4H,(H,11,14)(H,9,10,12,13). The Hall–Kier alpha value is -2.24. The van der Waals surface area contributed by atoms with E-state index in [1.807, 2.05) is 6.07 Å². The Morgan fingerprint density at radius 3 is 3.07 bits per heavy atom. The van der Waals surface area contributed by atoms with Gasteiger partial charge < -0.3 is 4.98 Å². The van der Waals surface area contributed by atoms with E-state index in [1.54, 1.807) is 12.4 Å². The molecule has 0 amide bonds. The van der Waals surface area contributed by atoms with Crippen LogP contribution in [-0.4, -0.2) is 30.1 Å². The largest absolute Gasteiger partial charge is 0.334 e. The van der Waals surface area contributed by atoms with E-state index < -0.39 is 0 Å². The maximum absolute atomic E-state index is 4.27. The number of nitrogens with one attached hydrogen (secondary N) is 2. The molecule has 0 fully saturated rings. The molecule has 2 N–H and O–H groups in total. The van der Waals surface area contributed by atoms with Crippen LogP contribution in [0.5, 0.6) is 0 Å². The van der Waals surface area contributed by atoms with Gasteiger partial charge in [0.05, 0.1) is 6.20 Å². The predicted molar refractivity (Wildman–Crippen MR) is 49.3 cm³/mol. The molecule has 0 saturated heterocycles. The normalized spacial score (nSPS) is 10.9. The van der Waals surface area contributed by atoms with Crippen molar-refractivity contribution in [1.29, 1.82) is 0 Å². The Labute approximate surface area is 78.4 Å². The van der Waals surface area contributed by atoms with Crippen LogP contribution in [0.3, 0.4) is 0 Å². The number of imidazole rings is 1. The Bertz CT molecular complexity index is 519. The molecular formula is C8H6N6. The monoisotopic (exact) mass is 186 g/mol. The smallest absolute Gasteiger partial charge is 0.181 e. The van der Waals surface area contributed by atoms with E-state index >= 15 is 0 Å². The van der Waals surface area contributed by atoms with Crippen LogP contribution in [0.15, 0.2) is 24.8 Å². The van der Waals surface area contributed by atoms with Crippen LogP contribution < -0.4 is 0 Å². The summed E-state index contributed by atoms with van der Waals surface area (Å²) in [5, 5.41) is 6.74. The summed E-state index contributed by atoms with van der Waals surface area (Å²) >= 11 is 0. The first-order chi connectivity index (χ1) is 6.93. The molecule has 3 aromatic heterocycles. The van der Waals surface area contributed by atoms with Crippen LogP contribution >= 0.6 is 0 Å². The summed E-state index contributed by atoms with van der Waals surface area (Å²) in [6.45, 7) is 0. The predicted octanol–water partition coefficient (Wildman–Crippen LogP) is 0.743. The lowest BCUT2D eigenvalue weighted by atomic mass is 10.4. The molecule has 3 aromatic rings. The lowest BCUT2D eigenvalue weighted by Gasteiger charge is -1.84. The zero-order valence-electron chi connectivity index (χ0n) is 7.10. The highest BCUT2D eigenvalue weighted by Gasteiger charge is 2.06. The van der Waals surface area contributed by atoms with Crippen molar-refractivity contribution in [3.05, 3.63) is 24.8 Å². The number of nitrogens with zero attached hydrogens (tertiary/aromatic N) is 4. The third-order valence-corrected chi connectivity index (χ3v) is 1.91. The molecule has 0 atom stereocenters. The molecule has 0 saturated carbocycles. The number of fused-ring (bicyclic) bond motifs is 1. The van der Waals surface area contributed by atoms with E-state index in [4.69, 9.17) is 0 Å². The Kier molecular flexibility index (Phi) is 1.35. The molecule has 3 rings (SSSR count). The number of aromatic nitrogens is 6. The van der Waals surface area contributed by atoms with Gasteiger partial charge in [0.1, 0.15) is 17.5 Å². The number of rotatable bonds is 1. The summed E-state index contributed by atoms with van der Waals surface area (Å²) in [5.41, 5.74) is 2.23. The second-order valence-corrected chi connectivity index (χ2v) is 2.80. The molecule has 14 heavy (non-hydrogen) atoms. The van der Waals surface area contributed by atoms with Crippen molar-refractivity contribution in [2.24, 2.45) is 0 Å². The van der Waals surface area contributed by atoms with Gasteiger partial charge >= 0.3 is 0 Å². The highest BCUT2D eigenvalue weighted by molar-refractivity contribution is 5.73. The summed E-state index contributed by atoms with van der Waals surface area (Å²) in [5.74, 6) is 0.696. The molecule has 6 heteroatoms. The molecule has 0 aromatic carbocycles. The van der Waals surface area contributed by atoms with Gasteiger partial charge in [-0.15, -0.1) is 0 Å². The van der Waals surface area contributed by atoms with Crippen LogP contribution in [-0.2, 0) is 0 Å². The highest BCUT2D eigenvalue weighted by Crippen LogP contribution is 2.15. The summed E-state index contributed by atoms with van der Waals surface area (Å²) in [6.07, 6.45) is 4.90. The topological polar surface area (TPSA) is 83.1 Å². The minimum atomic E-state index is 0.651. The van der Waals surface area contributed by atoms with Gasteiger partial charge in [0.25, 0.3) is 0 Å². The van der Waals surface area contributed by atoms with Gasteiger partial charge in [-0.05, 0) is 6.07 Å². The molecule has 0 bridgehead atoms. The van der Waals surface area contributed by atoms with E-state index in [-0.39, 0.29) is 0 Å². The van der Waals surface area contributed by atoms with Crippen molar-refractivity contribution in [3.8, 4) is 11.5 Å². The van der Waals surface area contributed by atoms with Gasteiger partial charge in [0.2, 0.25) is 0 Å². The van der Waals surface area contributed by atoms with Gasteiger partial charge in [-0.2, -0.15) is 5.10 Å². The number of hydrogen-bond acceptors (Lipinski definition) is 4. The molecule has 0 unspecified atom stereocenters. The van der Waals surface area contributed by atoms with E-state index in [2.05, 4.69) is 30.1 Å². The van der Waals surface area contributed by atoms with E-state index in [0.29, 0.717) is 11.5 Å². The minimum absolute atomic E-state index is 0.651. The molecule has 0 aliphatic rings. The molecule has 3 heterocycles. The Morgan fingerprint density at radius 1 is 1.29 bits per heavy atom. The average molecular weight is 186 g/mol. The second-order valence-electron chi connectivity index (χ2n) is 2.80. The first-order valence-electron chi connectivity index (χ1n) is 4.09. The van der Waals surface area contributed by atoms with Crippen LogP contribution in [0.1, 0.15) is 0 Å². The summed E-state index contributed by atoms with van der Waals surface area (Å²) < 4.78 is 0. The summed E-state index contributed by atoms with van der Waals surface area (Å²) in [4.78, 5) is 15.3. The quantitative estimate of drug-likeness (QED) is 0.587. The zero-order chi connectivity index (χ0) is 9.38. The number of hydrogen-bond donors (Lipinski definition) is 2. The zero-order valence-corrected chi connectivity index (χ0v) is 7.10. The molecule has 6 nitrogen and oxygen atoms in total. The van der Waals surface area contributed by atoms with Crippen molar-refractivity contribution in [2.75, 3.05) is 0 Å². The lowest BCUT2D eigenvalue weighted by Crippen LogP contribution is -1.79. The first kappa shape index (κ1) is 7.19. The SMILES string of the molecule is c1ncc2[nH]c(-c3cc[nH]n3)nc2n1. The second kappa shape index (κ2) is 2.63. The van der Waals surface area contributed by atoms with Crippen molar-refractivity contribution >= 4 is 11.2 Å². The van der Waals surface area contributed by atoms with Crippen LogP contribution in [0, 0.1) is 0 Å². The maximum atomic E-state index is 4.27. The van der Waals surface area contributed by atoms with Crippen molar-refractivity contribution in [2.45, 2.75) is 0 Å². The van der Waals surface area contributed by atoms with Gasteiger partial charge in [-0.3, -0.25) is 5.10 Å². The molecule has 0 spiro atoms. The van der Waals surface area contributed by atoms with Gasteiger partial charge in [0, 0.05) is 6.20 Å². The summed E-state index contributed by atoms with van der Waals surface area (Å²) in [7, 11) is 0. The maximum Gasteiger partial charge on any atom is 0.181 e.